The highest BCUT2D eigenvalue weighted by Crippen LogP contribution is 2.35. The lowest BCUT2D eigenvalue weighted by Gasteiger charge is -2.13. The van der Waals surface area contributed by atoms with Crippen molar-refractivity contribution in [3.8, 4) is 23.0 Å². The molecule has 184 valence electrons. The summed E-state index contributed by atoms with van der Waals surface area (Å²) in [6.07, 6.45) is 1.80. The van der Waals surface area contributed by atoms with E-state index in [1.807, 2.05) is 62.4 Å². The number of ether oxygens (including phenoxy) is 4. The summed E-state index contributed by atoms with van der Waals surface area (Å²) in [4.78, 5) is 17.7. The standard InChI is InChI=1S/C27H23ClN2O5S/c1-3-32-23-10-17(5-8-21(23)33-14-18-6-9-22-24(11-18)35-15-34-22)12-25-26(31)30-27(36-25)29-20-13-19(28)7-4-16(20)2/h4-13H,3,14-15H2,1-2H3,(H,29,30,31)/b25-12-. The number of hydrogen-bond donors (Lipinski definition) is 1. The van der Waals surface area contributed by atoms with E-state index in [0.717, 1.165) is 22.4 Å². The molecule has 1 fully saturated rings. The number of nitrogens with zero attached hydrogens (tertiary/aromatic N) is 1. The van der Waals surface area contributed by atoms with Crippen LogP contribution in [0.15, 0.2) is 64.5 Å². The van der Waals surface area contributed by atoms with Gasteiger partial charge in [-0.3, -0.25) is 4.79 Å². The number of halogens is 1. The van der Waals surface area contributed by atoms with Crippen LogP contribution in [0.2, 0.25) is 5.02 Å². The Morgan fingerprint density at radius 3 is 2.78 bits per heavy atom. The van der Waals surface area contributed by atoms with Gasteiger partial charge < -0.3 is 24.3 Å². The second-order valence-electron chi connectivity index (χ2n) is 8.03. The number of thioether (sulfide) groups is 1. The minimum Gasteiger partial charge on any atom is -0.490 e. The van der Waals surface area contributed by atoms with Crippen LogP contribution >= 0.6 is 23.4 Å². The maximum atomic E-state index is 12.6. The predicted molar refractivity (Wildman–Crippen MR) is 142 cm³/mol. The summed E-state index contributed by atoms with van der Waals surface area (Å²) >= 11 is 7.37. The third kappa shape index (κ3) is 5.45. The Bertz CT molecular complexity index is 1390. The molecule has 0 unspecified atom stereocenters. The monoisotopic (exact) mass is 522 g/mol. The number of benzene rings is 3. The summed E-state index contributed by atoms with van der Waals surface area (Å²) in [6.45, 7) is 4.91. The molecule has 9 heteroatoms. The van der Waals surface area contributed by atoms with Gasteiger partial charge in [0.1, 0.15) is 6.61 Å². The van der Waals surface area contributed by atoms with Crippen LogP contribution in [0.5, 0.6) is 23.0 Å². The van der Waals surface area contributed by atoms with Crippen LogP contribution in [0, 0.1) is 6.92 Å². The highest BCUT2D eigenvalue weighted by molar-refractivity contribution is 8.18. The maximum absolute atomic E-state index is 12.6. The topological polar surface area (TPSA) is 78.4 Å². The van der Waals surface area contributed by atoms with E-state index >= 15 is 0 Å². The third-order valence-electron chi connectivity index (χ3n) is 5.44. The van der Waals surface area contributed by atoms with E-state index in [4.69, 9.17) is 30.5 Å². The van der Waals surface area contributed by atoms with Crippen LogP contribution in [0.1, 0.15) is 23.6 Å². The molecule has 0 bridgehead atoms. The van der Waals surface area contributed by atoms with E-state index in [1.165, 1.54) is 11.8 Å². The first-order chi connectivity index (χ1) is 17.5. The number of amidine groups is 1. The SMILES string of the molecule is CCOc1cc(/C=C2\SC(=Nc3cc(Cl)ccc3C)NC2=O)ccc1OCc1ccc2c(c1)OCO2. The van der Waals surface area contributed by atoms with E-state index in [2.05, 4.69) is 10.3 Å². The Balaban J connectivity index is 1.32. The molecule has 7 nitrogen and oxygen atoms in total. The molecule has 2 aliphatic rings. The molecule has 0 saturated carbocycles. The van der Waals surface area contributed by atoms with Gasteiger partial charge >= 0.3 is 0 Å². The van der Waals surface area contributed by atoms with Gasteiger partial charge in [-0.05, 0) is 84.8 Å². The van der Waals surface area contributed by atoms with Gasteiger partial charge in [-0.2, -0.15) is 0 Å². The van der Waals surface area contributed by atoms with Crippen molar-refractivity contribution in [1.82, 2.24) is 5.32 Å². The Hall–Kier alpha value is -3.62. The minimum atomic E-state index is -0.209. The number of nitrogens with one attached hydrogen (secondary N) is 1. The van der Waals surface area contributed by atoms with Crippen LogP contribution < -0.4 is 24.3 Å². The lowest BCUT2D eigenvalue weighted by atomic mass is 10.1. The zero-order valence-electron chi connectivity index (χ0n) is 19.7. The predicted octanol–water partition coefficient (Wildman–Crippen LogP) is 6.25. The Morgan fingerprint density at radius 1 is 1.06 bits per heavy atom. The number of carbonyl (C=O) groups is 1. The summed E-state index contributed by atoms with van der Waals surface area (Å²) in [6, 6.07) is 16.8. The Labute approximate surface area is 218 Å². The van der Waals surface area contributed by atoms with E-state index in [1.54, 1.807) is 12.1 Å². The first kappa shape index (κ1) is 24.1. The van der Waals surface area contributed by atoms with Crippen molar-refractivity contribution in [2.24, 2.45) is 4.99 Å². The summed E-state index contributed by atoms with van der Waals surface area (Å²) in [5.41, 5.74) is 3.45. The second kappa shape index (κ2) is 10.6. The summed E-state index contributed by atoms with van der Waals surface area (Å²) in [7, 11) is 0. The van der Waals surface area contributed by atoms with Crippen molar-refractivity contribution in [2.75, 3.05) is 13.4 Å². The number of rotatable bonds is 7. The molecule has 0 spiro atoms. The zero-order valence-corrected chi connectivity index (χ0v) is 21.2. The molecule has 1 saturated heterocycles. The van der Waals surface area contributed by atoms with Crippen LogP contribution in [0.3, 0.4) is 0 Å². The first-order valence-corrected chi connectivity index (χ1v) is 12.5. The van der Waals surface area contributed by atoms with E-state index < -0.39 is 0 Å². The second-order valence-corrected chi connectivity index (χ2v) is 9.50. The number of carbonyl (C=O) groups excluding carboxylic acids is 1. The molecular formula is C27H23ClN2O5S. The molecule has 3 aromatic rings. The van der Waals surface area contributed by atoms with Crippen molar-refractivity contribution in [3.05, 3.63) is 81.2 Å². The number of hydrogen-bond acceptors (Lipinski definition) is 7. The van der Waals surface area contributed by atoms with Crippen LogP contribution in [0.4, 0.5) is 5.69 Å². The third-order valence-corrected chi connectivity index (χ3v) is 6.59. The van der Waals surface area contributed by atoms with Gasteiger partial charge in [0, 0.05) is 5.02 Å². The fourth-order valence-corrected chi connectivity index (χ4v) is 4.64. The molecule has 2 aliphatic heterocycles. The summed E-state index contributed by atoms with van der Waals surface area (Å²) in [5, 5.41) is 3.91. The fraction of sp³-hybridized carbons (Fsp3) is 0.185. The summed E-state index contributed by atoms with van der Waals surface area (Å²) in [5.74, 6) is 2.44. The fourth-order valence-electron chi connectivity index (χ4n) is 3.64. The van der Waals surface area contributed by atoms with Gasteiger partial charge in [-0.1, -0.05) is 29.8 Å². The number of fused-ring (bicyclic) bond motifs is 1. The molecule has 5 rings (SSSR count). The van der Waals surface area contributed by atoms with Gasteiger partial charge in [0.25, 0.3) is 5.91 Å². The Morgan fingerprint density at radius 2 is 1.92 bits per heavy atom. The molecule has 0 radical (unpaired) electrons. The first-order valence-electron chi connectivity index (χ1n) is 11.3. The maximum Gasteiger partial charge on any atom is 0.264 e. The van der Waals surface area contributed by atoms with Gasteiger partial charge in [-0.25, -0.2) is 4.99 Å². The molecule has 3 aromatic carbocycles. The van der Waals surface area contributed by atoms with Gasteiger partial charge in [0.05, 0.1) is 17.2 Å². The molecule has 1 N–H and O–H groups in total. The van der Waals surface area contributed by atoms with Crippen LogP contribution in [-0.4, -0.2) is 24.5 Å². The summed E-state index contributed by atoms with van der Waals surface area (Å²) < 4.78 is 22.6. The lowest BCUT2D eigenvalue weighted by Crippen LogP contribution is -2.19. The minimum absolute atomic E-state index is 0.209. The highest BCUT2D eigenvalue weighted by Gasteiger charge is 2.24. The van der Waals surface area contributed by atoms with Gasteiger partial charge in [0.15, 0.2) is 28.2 Å². The zero-order chi connectivity index (χ0) is 25.1. The molecule has 0 atom stereocenters. The molecular weight excluding hydrogens is 500 g/mol. The van der Waals surface area contributed by atoms with Gasteiger partial charge in [0.2, 0.25) is 6.79 Å². The van der Waals surface area contributed by atoms with E-state index in [0.29, 0.717) is 51.2 Å². The van der Waals surface area contributed by atoms with Crippen molar-refractivity contribution in [2.45, 2.75) is 20.5 Å². The van der Waals surface area contributed by atoms with E-state index in [-0.39, 0.29) is 12.7 Å². The van der Waals surface area contributed by atoms with Crippen molar-refractivity contribution in [3.63, 3.8) is 0 Å². The highest BCUT2D eigenvalue weighted by atomic mass is 35.5. The molecule has 0 aromatic heterocycles. The van der Waals surface area contributed by atoms with Crippen LogP contribution in [-0.2, 0) is 11.4 Å². The Kier molecular flexibility index (Phi) is 7.06. The van der Waals surface area contributed by atoms with Crippen LogP contribution in [0.25, 0.3) is 6.08 Å². The smallest absolute Gasteiger partial charge is 0.264 e. The van der Waals surface area contributed by atoms with Gasteiger partial charge in [-0.15, -0.1) is 0 Å². The number of aryl methyl sites for hydroxylation is 1. The molecule has 36 heavy (non-hydrogen) atoms. The lowest BCUT2D eigenvalue weighted by molar-refractivity contribution is -0.115. The van der Waals surface area contributed by atoms with Crippen molar-refractivity contribution >= 4 is 46.2 Å². The normalized spacial score (nSPS) is 16.5. The van der Waals surface area contributed by atoms with Crippen molar-refractivity contribution in [1.29, 1.82) is 0 Å². The number of aliphatic imine (C=N–C) groups is 1. The quantitative estimate of drug-likeness (QED) is 0.370. The van der Waals surface area contributed by atoms with E-state index in [9.17, 15) is 4.79 Å². The number of amides is 1. The average molecular weight is 523 g/mol. The molecule has 2 heterocycles. The largest absolute Gasteiger partial charge is 0.490 e. The molecule has 0 aliphatic carbocycles. The average Bonchev–Trinajstić information content (AvgIpc) is 3.47. The molecule has 1 amide bonds. The van der Waals surface area contributed by atoms with Crippen molar-refractivity contribution < 1.29 is 23.7 Å².